The standard InChI is InChI=1S/C13H20BNO4S/c1-12(2)13(3,4)19-14(18-12)9-7-15-8-10(20(6)16)11(9)17-5/h7-8H,1-6H3. The van der Waals surface area contributed by atoms with Gasteiger partial charge in [0.25, 0.3) is 0 Å². The Hall–Kier alpha value is -0.915. The van der Waals surface area contributed by atoms with Crippen molar-refractivity contribution >= 4 is 23.4 Å². The van der Waals surface area contributed by atoms with Crippen LogP contribution >= 0.6 is 0 Å². The molecule has 0 radical (unpaired) electrons. The van der Waals surface area contributed by atoms with Crippen LogP contribution in [0.5, 0.6) is 5.75 Å². The maximum atomic E-state index is 11.8. The molecule has 0 amide bonds. The Balaban J connectivity index is 2.45. The summed E-state index contributed by atoms with van der Waals surface area (Å²) in [6.07, 6.45) is 4.77. The lowest BCUT2D eigenvalue weighted by atomic mass is 9.79. The minimum Gasteiger partial charge on any atom is -0.496 e. The highest BCUT2D eigenvalue weighted by Crippen LogP contribution is 2.37. The first-order chi connectivity index (χ1) is 9.19. The van der Waals surface area contributed by atoms with Crippen LogP contribution in [0.3, 0.4) is 0 Å². The highest BCUT2D eigenvalue weighted by atomic mass is 32.2. The third kappa shape index (κ3) is 2.50. The number of pyridine rings is 1. The van der Waals surface area contributed by atoms with E-state index in [1.165, 1.54) is 0 Å². The second-order valence-electron chi connectivity index (χ2n) is 5.80. The molecule has 1 unspecified atom stereocenters. The molecule has 1 atom stereocenters. The first kappa shape index (κ1) is 15.5. The summed E-state index contributed by atoms with van der Waals surface area (Å²) in [5.74, 6) is 0.513. The molecule has 1 aliphatic rings. The SMILES string of the molecule is COc1c(B2OC(C)(C)C(C)(C)O2)cncc1S(C)=O. The van der Waals surface area contributed by atoms with Crippen LogP contribution in [0.4, 0.5) is 0 Å². The number of aromatic nitrogens is 1. The second kappa shape index (κ2) is 5.13. The molecule has 0 bridgehead atoms. The van der Waals surface area contributed by atoms with Crippen LogP contribution in [0.25, 0.3) is 0 Å². The Kier molecular flexibility index (Phi) is 3.97. The molecule has 20 heavy (non-hydrogen) atoms. The molecule has 0 N–H and O–H groups in total. The van der Waals surface area contributed by atoms with E-state index in [1.807, 2.05) is 27.7 Å². The van der Waals surface area contributed by atoms with Crippen molar-refractivity contribution in [1.29, 1.82) is 0 Å². The minimum atomic E-state index is -1.19. The Morgan fingerprint density at radius 1 is 1.20 bits per heavy atom. The molecule has 1 aromatic heterocycles. The third-order valence-electron chi connectivity index (χ3n) is 3.91. The van der Waals surface area contributed by atoms with E-state index in [-0.39, 0.29) is 0 Å². The van der Waals surface area contributed by atoms with E-state index < -0.39 is 29.1 Å². The molecule has 2 rings (SSSR count). The summed E-state index contributed by atoms with van der Waals surface area (Å²) < 4.78 is 29.1. The van der Waals surface area contributed by atoms with Gasteiger partial charge in [0, 0.05) is 24.1 Å². The number of rotatable bonds is 3. The van der Waals surface area contributed by atoms with Gasteiger partial charge in [0.2, 0.25) is 0 Å². The molecule has 1 aliphatic heterocycles. The predicted molar refractivity (Wildman–Crippen MR) is 78.8 cm³/mol. The summed E-state index contributed by atoms with van der Waals surface area (Å²) in [6, 6.07) is 0. The average molecular weight is 297 g/mol. The summed E-state index contributed by atoms with van der Waals surface area (Å²) >= 11 is 0. The topological polar surface area (TPSA) is 57.6 Å². The van der Waals surface area contributed by atoms with Crippen molar-refractivity contribution < 1.29 is 18.3 Å². The van der Waals surface area contributed by atoms with Gasteiger partial charge in [0.15, 0.2) is 0 Å². The van der Waals surface area contributed by atoms with E-state index in [2.05, 4.69) is 4.98 Å². The predicted octanol–water partition coefficient (Wildman–Crippen LogP) is 1.13. The smallest absolute Gasteiger partial charge is 0.496 e. The van der Waals surface area contributed by atoms with Crippen LogP contribution in [-0.2, 0) is 20.1 Å². The zero-order chi connectivity index (χ0) is 15.1. The quantitative estimate of drug-likeness (QED) is 0.783. The van der Waals surface area contributed by atoms with Crippen LogP contribution in [0.15, 0.2) is 17.3 Å². The molecule has 7 heteroatoms. The molecular formula is C13H20BNO4S. The Bertz CT molecular complexity index is 531. The zero-order valence-corrected chi connectivity index (χ0v) is 13.5. The molecule has 1 saturated heterocycles. The maximum Gasteiger partial charge on any atom is 0.500 e. The minimum absolute atomic E-state index is 0.440. The number of nitrogens with zero attached hydrogens (tertiary/aromatic N) is 1. The van der Waals surface area contributed by atoms with Crippen LogP contribution in [0.2, 0.25) is 0 Å². The van der Waals surface area contributed by atoms with E-state index in [1.54, 1.807) is 25.8 Å². The Morgan fingerprint density at radius 2 is 1.75 bits per heavy atom. The fourth-order valence-electron chi connectivity index (χ4n) is 2.01. The molecule has 1 aromatic rings. The summed E-state index contributed by atoms with van der Waals surface area (Å²) in [4.78, 5) is 4.66. The summed E-state index contributed by atoms with van der Waals surface area (Å²) in [5, 5.41) is 0. The van der Waals surface area contributed by atoms with Crippen molar-refractivity contribution in [3.8, 4) is 5.75 Å². The third-order valence-corrected chi connectivity index (χ3v) is 4.82. The molecule has 0 aliphatic carbocycles. The van der Waals surface area contributed by atoms with Gasteiger partial charge in [0.1, 0.15) is 5.75 Å². The summed E-state index contributed by atoms with van der Waals surface area (Å²) in [6.45, 7) is 7.92. The van der Waals surface area contributed by atoms with Gasteiger partial charge in [-0.05, 0) is 27.7 Å². The maximum absolute atomic E-state index is 11.8. The van der Waals surface area contributed by atoms with Crippen molar-refractivity contribution in [3.63, 3.8) is 0 Å². The van der Waals surface area contributed by atoms with Gasteiger partial charge in [-0.25, -0.2) is 0 Å². The molecule has 0 saturated carbocycles. The van der Waals surface area contributed by atoms with Gasteiger partial charge in [0.05, 0.1) is 34.0 Å². The molecule has 2 heterocycles. The number of methoxy groups -OCH3 is 1. The Labute approximate surface area is 122 Å². The number of ether oxygens (including phenoxy) is 1. The normalized spacial score (nSPS) is 21.8. The summed E-state index contributed by atoms with van der Waals surface area (Å²) in [5.41, 5.74) is -0.215. The van der Waals surface area contributed by atoms with Gasteiger partial charge in [-0.2, -0.15) is 0 Å². The van der Waals surface area contributed by atoms with Crippen molar-refractivity contribution in [2.45, 2.75) is 43.8 Å². The number of hydrogen-bond donors (Lipinski definition) is 0. The van der Waals surface area contributed by atoms with E-state index in [4.69, 9.17) is 14.0 Å². The molecule has 0 spiro atoms. The number of hydrogen-bond acceptors (Lipinski definition) is 5. The van der Waals surface area contributed by atoms with E-state index in [9.17, 15) is 4.21 Å². The zero-order valence-electron chi connectivity index (χ0n) is 12.7. The van der Waals surface area contributed by atoms with Crippen LogP contribution in [0, 0.1) is 0 Å². The highest BCUT2D eigenvalue weighted by Gasteiger charge is 2.52. The van der Waals surface area contributed by atoms with E-state index >= 15 is 0 Å². The van der Waals surface area contributed by atoms with Crippen LogP contribution in [-0.4, -0.2) is 40.9 Å². The van der Waals surface area contributed by atoms with Crippen molar-refractivity contribution in [2.75, 3.05) is 13.4 Å². The lowest BCUT2D eigenvalue weighted by Gasteiger charge is -2.32. The second-order valence-corrected chi connectivity index (χ2v) is 7.15. The van der Waals surface area contributed by atoms with Gasteiger partial charge < -0.3 is 14.0 Å². The van der Waals surface area contributed by atoms with E-state index in [0.29, 0.717) is 16.1 Å². The van der Waals surface area contributed by atoms with Crippen LogP contribution in [0.1, 0.15) is 27.7 Å². The van der Waals surface area contributed by atoms with Crippen molar-refractivity contribution in [3.05, 3.63) is 12.4 Å². The molecule has 110 valence electrons. The first-order valence-corrected chi connectivity index (χ1v) is 7.96. The van der Waals surface area contributed by atoms with Gasteiger partial charge >= 0.3 is 7.12 Å². The van der Waals surface area contributed by atoms with E-state index in [0.717, 1.165) is 0 Å². The fraction of sp³-hybridized carbons (Fsp3) is 0.615. The Morgan fingerprint density at radius 3 is 2.20 bits per heavy atom. The van der Waals surface area contributed by atoms with Crippen molar-refractivity contribution in [1.82, 2.24) is 4.98 Å². The van der Waals surface area contributed by atoms with Gasteiger partial charge in [-0.1, -0.05) is 0 Å². The lowest BCUT2D eigenvalue weighted by Crippen LogP contribution is -2.41. The molecule has 0 aromatic carbocycles. The van der Waals surface area contributed by atoms with Crippen LogP contribution < -0.4 is 10.2 Å². The molecule has 5 nitrogen and oxygen atoms in total. The highest BCUT2D eigenvalue weighted by molar-refractivity contribution is 7.84. The lowest BCUT2D eigenvalue weighted by molar-refractivity contribution is 0.00578. The fourth-order valence-corrected chi connectivity index (χ4v) is 2.68. The molecule has 1 fully saturated rings. The largest absolute Gasteiger partial charge is 0.500 e. The van der Waals surface area contributed by atoms with Gasteiger partial charge in [-0.15, -0.1) is 0 Å². The monoisotopic (exact) mass is 297 g/mol. The van der Waals surface area contributed by atoms with Gasteiger partial charge in [-0.3, -0.25) is 9.19 Å². The molecular weight excluding hydrogens is 277 g/mol. The van der Waals surface area contributed by atoms with Crippen molar-refractivity contribution in [2.24, 2.45) is 0 Å². The summed E-state index contributed by atoms with van der Waals surface area (Å²) in [7, 11) is -0.224. The average Bonchev–Trinajstić information content (AvgIpc) is 2.57. The first-order valence-electron chi connectivity index (χ1n) is 6.40.